The molecule has 0 heterocycles. The first kappa shape index (κ1) is 18.9. The Bertz CT molecular complexity index is 546. The lowest BCUT2D eigenvalue weighted by atomic mass is 9.44. The highest BCUT2D eigenvalue weighted by atomic mass is 16.7. The second kappa shape index (κ2) is 6.88. The minimum atomic E-state index is 0.287. The number of carbonyl (C=O) groups is 1. The topological polar surface area (TPSA) is 35.5 Å². The van der Waals surface area contributed by atoms with Crippen LogP contribution in [-0.4, -0.2) is 25.8 Å². The number of fused-ring (bicyclic) bond motifs is 5. The Kier molecular flexibility index (Phi) is 5.01. The highest BCUT2D eigenvalue weighted by molar-refractivity contribution is 5.79. The van der Waals surface area contributed by atoms with E-state index in [0.29, 0.717) is 30.0 Å². The molecule has 8 atom stereocenters. The summed E-state index contributed by atoms with van der Waals surface area (Å²) in [5.74, 6) is 4.11. The minimum absolute atomic E-state index is 0.287. The van der Waals surface area contributed by atoms with Crippen LogP contribution in [0.2, 0.25) is 0 Å². The summed E-state index contributed by atoms with van der Waals surface area (Å²) in [5, 5.41) is 0. The molecule has 0 aromatic heterocycles. The molecule has 4 aliphatic rings. The first-order valence-electron chi connectivity index (χ1n) is 11.0. The molecule has 3 nitrogen and oxygen atoms in total. The molecule has 0 aromatic rings. The maximum absolute atomic E-state index is 12.3. The Morgan fingerprint density at radius 2 is 1.69 bits per heavy atom. The molecule has 0 N–H and O–H groups in total. The van der Waals surface area contributed by atoms with Gasteiger partial charge in [-0.2, -0.15) is 0 Å². The molecule has 0 aromatic carbocycles. The number of hydrogen-bond acceptors (Lipinski definition) is 3. The molecule has 0 amide bonds. The van der Waals surface area contributed by atoms with E-state index >= 15 is 0 Å². The summed E-state index contributed by atoms with van der Waals surface area (Å²) < 4.78 is 11.1. The van der Waals surface area contributed by atoms with Crippen molar-refractivity contribution < 1.29 is 14.3 Å². The molecule has 4 aliphatic carbocycles. The van der Waals surface area contributed by atoms with Crippen LogP contribution in [0.1, 0.15) is 78.6 Å². The molecule has 3 heteroatoms. The van der Waals surface area contributed by atoms with Crippen molar-refractivity contribution in [1.29, 1.82) is 0 Å². The van der Waals surface area contributed by atoms with Crippen LogP contribution in [-0.2, 0) is 14.3 Å². The molecule has 4 rings (SSSR count). The number of methoxy groups -OCH3 is 1. The predicted octanol–water partition coefficient (Wildman–Crippen LogP) is 5.22. The Morgan fingerprint density at radius 3 is 2.42 bits per heavy atom. The van der Waals surface area contributed by atoms with Crippen molar-refractivity contribution in [2.45, 2.75) is 84.7 Å². The van der Waals surface area contributed by atoms with Crippen molar-refractivity contribution in [3.8, 4) is 0 Å². The zero-order valence-electron chi connectivity index (χ0n) is 17.3. The van der Waals surface area contributed by atoms with Crippen LogP contribution in [0, 0.1) is 40.4 Å². The fourth-order valence-corrected chi connectivity index (χ4v) is 8.20. The summed E-state index contributed by atoms with van der Waals surface area (Å²) in [6, 6.07) is 0. The number of carbonyl (C=O) groups excluding carboxylic acids is 1. The Morgan fingerprint density at radius 1 is 0.962 bits per heavy atom. The smallest absolute Gasteiger partial charge is 0.146 e. The summed E-state index contributed by atoms with van der Waals surface area (Å²) >= 11 is 0. The van der Waals surface area contributed by atoms with Gasteiger partial charge in [-0.25, -0.2) is 0 Å². The van der Waals surface area contributed by atoms with Crippen LogP contribution in [0.5, 0.6) is 0 Å². The van der Waals surface area contributed by atoms with E-state index in [1.807, 2.05) is 6.92 Å². The molecule has 4 saturated carbocycles. The van der Waals surface area contributed by atoms with Crippen molar-refractivity contribution in [2.24, 2.45) is 40.4 Å². The zero-order valence-corrected chi connectivity index (χ0v) is 17.3. The number of hydrogen-bond donors (Lipinski definition) is 0. The zero-order chi connectivity index (χ0) is 18.5. The van der Waals surface area contributed by atoms with Crippen molar-refractivity contribution >= 4 is 5.78 Å². The highest BCUT2D eigenvalue weighted by Gasteiger charge is 2.60. The van der Waals surface area contributed by atoms with Crippen molar-refractivity contribution in [2.75, 3.05) is 13.9 Å². The van der Waals surface area contributed by atoms with Gasteiger partial charge in [0.25, 0.3) is 0 Å². The molecule has 0 radical (unpaired) electrons. The van der Waals surface area contributed by atoms with Gasteiger partial charge in [0.2, 0.25) is 0 Å². The normalized spacial score (nSPS) is 50.6. The number of ketones is 1. The fraction of sp³-hybridized carbons (Fsp3) is 0.957. The summed E-state index contributed by atoms with van der Waals surface area (Å²) in [5.41, 5.74) is 0.778. The quantitative estimate of drug-likeness (QED) is 0.643. The Balaban J connectivity index is 1.51. The first-order valence-corrected chi connectivity index (χ1v) is 11.0. The lowest BCUT2D eigenvalue weighted by Gasteiger charge is -2.61. The molecule has 0 aliphatic heterocycles. The van der Waals surface area contributed by atoms with E-state index in [0.717, 1.165) is 30.1 Å². The number of rotatable bonds is 4. The largest absolute Gasteiger partial charge is 0.359 e. The molecule has 148 valence electrons. The van der Waals surface area contributed by atoms with Crippen LogP contribution in [0.15, 0.2) is 0 Å². The summed E-state index contributed by atoms with van der Waals surface area (Å²) in [6.07, 6.45) is 11.9. The third kappa shape index (κ3) is 2.80. The van der Waals surface area contributed by atoms with Crippen LogP contribution in [0.3, 0.4) is 0 Å². The molecule has 4 fully saturated rings. The first-order chi connectivity index (χ1) is 12.4. The van der Waals surface area contributed by atoms with Crippen LogP contribution >= 0.6 is 0 Å². The number of ether oxygens (including phenoxy) is 2. The van der Waals surface area contributed by atoms with Gasteiger partial charge in [-0.1, -0.05) is 13.8 Å². The van der Waals surface area contributed by atoms with Gasteiger partial charge in [-0.3, -0.25) is 4.79 Å². The SMILES string of the molecule is COCOC1CCC2(C)C(CCC3C2CCC2(C)C(C(C)=O)CCC32)C1. The lowest BCUT2D eigenvalue weighted by molar-refractivity contribution is -0.154. The third-order valence-corrected chi connectivity index (χ3v) is 9.53. The van der Waals surface area contributed by atoms with Crippen LogP contribution < -0.4 is 0 Å². The van der Waals surface area contributed by atoms with Crippen molar-refractivity contribution in [1.82, 2.24) is 0 Å². The van der Waals surface area contributed by atoms with Crippen molar-refractivity contribution in [3.05, 3.63) is 0 Å². The standard InChI is InChI=1S/C23H38O3/c1-15(24)19-7-8-20-18-6-5-16-13-17(26-14-25-4)9-11-22(16,2)21(18)10-12-23(19,20)3/h16-21H,5-14H2,1-4H3. The van der Waals surface area contributed by atoms with Gasteiger partial charge in [-0.15, -0.1) is 0 Å². The number of Topliss-reactive ketones (excluding diaryl/α,β-unsaturated/α-hetero) is 1. The minimum Gasteiger partial charge on any atom is -0.359 e. The fourth-order valence-electron chi connectivity index (χ4n) is 8.20. The van der Waals surface area contributed by atoms with Crippen molar-refractivity contribution in [3.63, 3.8) is 0 Å². The van der Waals surface area contributed by atoms with Gasteiger partial charge < -0.3 is 9.47 Å². The van der Waals surface area contributed by atoms with Gasteiger partial charge in [0.15, 0.2) is 0 Å². The molecule has 8 unspecified atom stereocenters. The monoisotopic (exact) mass is 362 g/mol. The van der Waals surface area contributed by atoms with E-state index < -0.39 is 0 Å². The van der Waals surface area contributed by atoms with E-state index in [1.165, 1.54) is 51.4 Å². The van der Waals surface area contributed by atoms with Crippen LogP contribution in [0.25, 0.3) is 0 Å². The maximum atomic E-state index is 12.3. The van der Waals surface area contributed by atoms with Gasteiger partial charge in [0.1, 0.15) is 12.6 Å². The summed E-state index contributed by atoms with van der Waals surface area (Å²) in [6.45, 7) is 7.33. The second-order valence-electron chi connectivity index (χ2n) is 10.4. The summed E-state index contributed by atoms with van der Waals surface area (Å²) in [4.78, 5) is 12.3. The van der Waals surface area contributed by atoms with Gasteiger partial charge in [0, 0.05) is 13.0 Å². The average molecular weight is 363 g/mol. The maximum Gasteiger partial charge on any atom is 0.146 e. The van der Waals surface area contributed by atoms with E-state index in [1.54, 1.807) is 7.11 Å². The lowest BCUT2D eigenvalue weighted by Crippen LogP contribution is -2.54. The average Bonchev–Trinajstić information content (AvgIpc) is 2.97. The van der Waals surface area contributed by atoms with E-state index in [4.69, 9.17) is 9.47 Å². The molecule has 0 saturated heterocycles. The van der Waals surface area contributed by atoms with E-state index in [-0.39, 0.29) is 5.41 Å². The third-order valence-electron chi connectivity index (χ3n) is 9.53. The van der Waals surface area contributed by atoms with Gasteiger partial charge in [0.05, 0.1) is 6.10 Å². The molecule has 0 spiro atoms. The predicted molar refractivity (Wildman–Crippen MR) is 103 cm³/mol. The summed E-state index contributed by atoms with van der Waals surface area (Å²) in [7, 11) is 1.72. The Labute approximate surface area is 159 Å². The highest BCUT2D eigenvalue weighted by Crippen LogP contribution is 2.67. The van der Waals surface area contributed by atoms with Crippen LogP contribution in [0.4, 0.5) is 0 Å². The molecular weight excluding hydrogens is 324 g/mol. The van der Waals surface area contributed by atoms with E-state index in [2.05, 4.69) is 13.8 Å². The van der Waals surface area contributed by atoms with Gasteiger partial charge >= 0.3 is 0 Å². The molecular formula is C23H38O3. The molecule has 26 heavy (non-hydrogen) atoms. The molecule has 0 bridgehead atoms. The van der Waals surface area contributed by atoms with Gasteiger partial charge in [-0.05, 0) is 99.2 Å². The van der Waals surface area contributed by atoms with E-state index in [9.17, 15) is 4.79 Å². The second-order valence-corrected chi connectivity index (χ2v) is 10.4. The Hall–Kier alpha value is -0.410.